The number of hydrogen-bond acceptors (Lipinski definition) is 6. The molecule has 17 heavy (non-hydrogen) atoms. The van der Waals surface area contributed by atoms with Gasteiger partial charge in [-0.15, -0.1) is 0 Å². The topological polar surface area (TPSA) is 109 Å². The van der Waals surface area contributed by atoms with Gasteiger partial charge >= 0.3 is 0 Å². The van der Waals surface area contributed by atoms with Crippen molar-refractivity contribution in [2.45, 2.75) is 26.7 Å². The number of hydrazine groups is 1. The second-order valence-electron chi connectivity index (χ2n) is 3.21. The van der Waals surface area contributed by atoms with Crippen molar-refractivity contribution in [1.82, 2.24) is 10.4 Å². The van der Waals surface area contributed by atoms with Gasteiger partial charge in [0.1, 0.15) is 12.2 Å². The molecule has 0 aliphatic carbocycles. The molecule has 0 saturated heterocycles. The van der Waals surface area contributed by atoms with Gasteiger partial charge < -0.3 is 11.2 Å². The Balaban J connectivity index is 4.45. The summed E-state index contributed by atoms with van der Waals surface area (Å²) in [5.41, 5.74) is 8.76. The normalized spacial score (nSPS) is 12.9. The number of carbonyl (C=O) groups excluding carboxylic acids is 1. The summed E-state index contributed by atoms with van der Waals surface area (Å²) < 4.78 is 0. The second-order valence-corrected chi connectivity index (χ2v) is 3.21. The Bertz CT molecular complexity index is 310. The zero-order valence-electron chi connectivity index (χ0n) is 10.3. The molecule has 0 unspecified atom stereocenters. The van der Waals surface area contributed by atoms with E-state index >= 15 is 0 Å². The third kappa shape index (κ3) is 7.07. The van der Waals surface area contributed by atoms with E-state index < -0.39 is 0 Å². The van der Waals surface area contributed by atoms with Crippen molar-refractivity contribution in [3.05, 3.63) is 12.0 Å². The zero-order chi connectivity index (χ0) is 13.1. The fourth-order valence-electron chi connectivity index (χ4n) is 0.887. The van der Waals surface area contributed by atoms with Crippen LogP contribution in [0.4, 0.5) is 0 Å². The number of nitrogens with one attached hydrogen (secondary N) is 1. The van der Waals surface area contributed by atoms with Crippen LogP contribution in [0.2, 0.25) is 0 Å². The molecule has 0 bridgehead atoms. The molecule has 0 saturated carbocycles. The first-order chi connectivity index (χ1) is 8.15. The molecule has 0 heterocycles. The first-order valence-electron chi connectivity index (χ1n) is 5.43. The van der Waals surface area contributed by atoms with Crippen LogP contribution in [0.25, 0.3) is 0 Å². The van der Waals surface area contributed by atoms with E-state index in [0.29, 0.717) is 25.0 Å². The van der Waals surface area contributed by atoms with E-state index in [9.17, 15) is 4.79 Å². The van der Waals surface area contributed by atoms with E-state index in [1.165, 1.54) is 12.5 Å². The Labute approximate surface area is 101 Å². The van der Waals surface area contributed by atoms with Crippen LogP contribution in [-0.2, 0) is 4.79 Å². The summed E-state index contributed by atoms with van der Waals surface area (Å²) in [6.45, 7) is 4.56. The Morgan fingerprint density at radius 2 is 2.18 bits per heavy atom. The second kappa shape index (κ2) is 9.34. The van der Waals surface area contributed by atoms with Gasteiger partial charge in [0, 0.05) is 6.54 Å². The monoisotopic (exact) mass is 240 g/mol. The highest BCUT2D eigenvalue weighted by Crippen LogP contribution is 1.93. The van der Waals surface area contributed by atoms with Crippen LogP contribution in [0.5, 0.6) is 0 Å². The molecule has 0 rings (SSSR count). The molecule has 0 aromatic rings. The molecule has 7 nitrogen and oxygen atoms in total. The molecule has 0 spiro atoms. The standard InChI is InChI=1S/C10H20N6O/c1-3-5-9(7-17)13-6-10(11)16(12)8-15-14-4-2/h6-8,14H,3-5,11-12H2,1-2H3/b10-6+,13-9+,15-8-. The van der Waals surface area contributed by atoms with Crippen molar-refractivity contribution < 1.29 is 4.79 Å². The predicted octanol–water partition coefficient (Wildman–Crippen LogP) is -0.0875. The minimum absolute atomic E-state index is 0.196. The van der Waals surface area contributed by atoms with Gasteiger partial charge in [0.2, 0.25) is 0 Å². The molecule has 0 aromatic carbocycles. The minimum atomic E-state index is 0.196. The highest BCUT2D eigenvalue weighted by Gasteiger charge is 1.97. The van der Waals surface area contributed by atoms with Gasteiger partial charge in [-0.05, 0) is 13.3 Å². The summed E-state index contributed by atoms with van der Waals surface area (Å²) >= 11 is 0. The van der Waals surface area contributed by atoms with E-state index in [1.54, 1.807) is 0 Å². The number of hydrogen-bond donors (Lipinski definition) is 3. The van der Waals surface area contributed by atoms with E-state index in [4.69, 9.17) is 11.6 Å². The summed E-state index contributed by atoms with van der Waals surface area (Å²) in [7, 11) is 0. The van der Waals surface area contributed by atoms with Crippen molar-refractivity contribution in [1.29, 1.82) is 0 Å². The van der Waals surface area contributed by atoms with Gasteiger partial charge in [-0.1, -0.05) is 13.3 Å². The van der Waals surface area contributed by atoms with Gasteiger partial charge in [0.15, 0.2) is 6.29 Å². The molecule has 0 aliphatic rings. The Morgan fingerprint density at radius 3 is 2.71 bits per heavy atom. The Hall–Kier alpha value is -1.89. The average molecular weight is 240 g/mol. The van der Waals surface area contributed by atoms with Crippen molar-refractivity contribution in [2.24, 2.45) is 21.7 Å². The third-order valence-corrected chi connectivity index (χ3v) is 1.73. The van der Waals surface area contributed by atoms with E-state index in [-0.39, 0.29) is 5.82 Å². The van der Waals surface area contributed by atoms with Gasteiger partial charge in [0.05, 0.1) is 11.9 Å². The molecule has 96 valence electrons. The van der Waals surface area contributed by atoms with Crippen molar-refractivity contribution in [3.8, 4) is 0 Å². The fourth-order valence-corrected chi connectivity index (χ4v) is 0.887. The summed E-state index contributed by atoms with van der Waals surface area (Å²) in [5.74, 6) is 5.75. The van der Waals surface area contributed by atoms with Crippen molar-refractivity contribution in [3.63, 3.8) is 0 Å². The average Bonchev–Trinajstić information content (AvgIpc) is 2.34. The van der Waals surface area contributed by atoms with Crippen LogP contribution in [0.1, 0.15) is 26.7 Å². The molecule has 7 heteroatoms. The molecular formula is C10H20N6O. The van der Waals surface area contributed by atoms with Crippen LogP contribution < -0.4 is 17.0 Å². The summed E-state index contributed by atoms with van der Waals surface area (Å²) in [6, 6.07) is 0. The highest BCUT2D eigenvalue weighted by atomic mass is 16.1. The lowest BCUT2D eigenvalue weighted by atomic mass is 10.2. The lowest BCUT2D eigenvalue weighted by Gasteiger charge is -2.11. The number of aldehydes is 1. The van der Waals surface area contributed by atoms with Crippen molar-refractivity contribution >= 4 is 18.3 Å². The number of aliphatic imine (C=N–C) groups is 1. The first-order valence-corrected chi connectivity index (χ1v) is 5.43. The maximum atomic E-state index is 10.6. The van der Waals surface area contributed by atoms with Gasteiger partial charge in [-0.25, -0.2) is 5.84 Å². The van der Waals surface area contributed by atoms with Crippen LogP contribution in [0.15, 0.2) is 22.1 Å². The Morgan fingerprint density at radius 1 is 1.47 bits per heavy atom. The SMILES string of the molecule is CCC/C(C=O)=N\C=C(/N)N(N)/C=N\NCC. The fraction of sp³-hybridized carbons (Fsp3) is 0.500. The molecule has 0 radical (unpaired) electrons. The smallest absolute Gasteiger partial charge is 0.164 e. The molecule has 0 aromatic heterocycles. The maximum Gasteiger partial charge on any atom is 0.164 e. The molecule has 0 aliphatic heterocycles. The number of hydrazone groups is 1. The third-order valence-electron chi connectivity index (χ3n) is 1.73. The minimum Gasteiger partial charge on any atom is -0.383 e. The number of carbonyl (C=O) groups is 1. The molecule has 0 atom stereocenters. The molecule has 0 fully saturated rings. The quantitative estimate of drug-likeness (QED) is 0.181. The van der Waals surface area contributed by atoms with E-state index in [2.05, 4.69) is 15.5 Å². The highest BCUT2D eigenvalue weighted by molar-refractivity contribution is 6.28. The largest absolute Gasteiger partial charge is 0.383 e. The number of nitrogens with zero attached hydrogens (tertiary/aromatic N) is 3. The number of rotatable bonds is 8. The molecular weight excluding hydrogens is 220 g/mol. The number of nitrogens with two attached hydrogens (primary N) is 2. The van der Waals surface area contributed by atoms with Gasteiger partial charge in [0.25, 0.3) is 0 Å². The summed E-state index contributed by atoms with van der Waals surface area (Å²) in [6.07, 6.45) is 4.83. The van der Waals surface area contributed by atoms with Crippen LogP contribution in [0.3, 0.4) is 0 Å². The maximum absolute atomic E-state index is 10.6. The lowest BCUT2D eigenvalue weighted by molar-refractivity contribution is -0.102. The lowest BCUT2D eigenvalue weighted by Crippen LogP contribution is -2.33. The molecule has 5 N–H and O–H groups in total. The van der Waals surface area contributed by atoms with Gasteiger partial charge in [-0.2, -0.15) is 5.10 Å². The summed E-state index contributed by atoms with van der Waals surface area (Å²) in [4.78, 5) is 14.5. The summed E-state index contributed by atoms with van der Waals surface area (Å²) in [5, 5.41) is 4.89. The first kappa shape index (κ1) is 15.1. The van der Waals surface area contributed by atoms with E-state index in [1.807, 2.05) is 13.8 Å². The zero-order valence-corrected chi connectivity index (χ0v) is 10.3. The van der Waals surface area contributed by atoms with Crippen LogP contribution in [-0.4, -0.2) is 29.9 Å². The van der Waals surface area contributed by atoms with Crippen LogP contribution >= 0.6 is 0 Å². The predicted molar refractivity (Wildman–Crippen MR) is 68.9 cm³/mol. The van der Waals surface area contributed by atoms with Crippen LogP contribution in [0, 0.1) is 0 Å². The molecule has 0 amide bonds. The van der Waals surface area contributed by atoms with Gasteiger partial charge in [-0.3, -0.25) is 14.8 Å². The van der Waals surface area contributed by atoms with E-state index in [0.717, 1.165) is 11.4 Å². The van der Waals surface area contributed by atoms with Crippen molar-refractivity contribution in [2.75, 3.05) is 6.54 Å². The Kier molecular flexibility index (Phi) is 8.31.